The molecular weight excluding hydrogens is 372 g/mol. The lowest BCUT2D eigenvalue weighted by molar-refractivity contribution is 0.0529. The number of carbonyl (C=O) groups excluding carboxylic acids is 2. The van der Waals surface area contributed by atoms with Gasteiger partial charge in [0.2, 0.25) is 11.8 Å². The molecule has 2 rings (SSSR count). The number of thiazole rings is 1. The van der Waals surface area contributed by atoms with Gasteiger partial charge in [0.1, 0.15) is 11.2 Å². The van der Waals surface area contributed by atoms with Gasteiger partial charge in [-0.05, 0) is 6.92 Å². The Balaban J connectivity index is 2.41. The van der Waals surface area contributed by atoms with E-state index in [0.29, 0.717) is 10.6 Å². The Morgan fingerprint density at radius 3 is 2.22 bits per heavy atom. The van der Waals surface area contributed by atoms with E-state index in [1.165, 1.54) is 20.5 Å². The van der Waals surface area contributed by atoms with Gasteiger partial charge >= 0.3 is 5.97 Å². The van der Waals surface area contributed by atoms with E-state index in [0.717, 1.165) is 11.3 Å². The van der Waals surface area contributed by atoms with Gasteiger partial charge in [0.05, 0.1) is 26.5 Å². The van der Waals surface area contributed by atoms with Gasteiger partial charge in [-0.15, -0.1) is 0 Å². The molecule has 0 fully saturated rings. The van der Waals surface area contributed by atoms with Crippen molar-refractivity contribution in [3.63, 3.8) is 0 Å². The molecule has 0 saturated heterocycles. The molecule has 0 aromatic carbocycles. The maximum absolute atomic E-state index is 12.7. The topological polar surface area (TPSA) is 113 Å². The fourth-order valence-electron chi connectivity index (χ4n) is 2.23. The first kappa shape index (κ1) is 20.6. The highest BCUT2D eigenvalue weighted by Crippen LogP contribution is 2.33. The van der Waals surface area contributed by atoms with Crippen LogP contribution in [0, 0.1) is 0 Å². The molecule has 0 unspecified atom stereocenters. The SMILES string of the molecule is CCOC(=O)c1sc(NC(=O)c2c(OC)ncnc2OC)nc1C(C)(C)C. The van der Waals surface area contributed by atoms with Crippen molar-refractivity contribution in [2.24, 2.45) is 0 Å². The van der Waals surface area contributed by atoms with Gasteiger partial charge in [-0.2, -0.15) is 0 Å². The fourth-order valence-corrected chi connectivity index (χ4v) is 3.30. The summed E-state index contributed by atoms with van der Waals surface area (Å²) in [6, 6.07) is 0. The normalized spacial score (nSPS) is 11.0. The van der Waals surface area contributed by atoms with Crippen LogP contribution in [0.4, 0.5) is 5.13 Å². The van der Waals surface area contributed by atoms with E-state index >= 15 is 0 Å². The summed E-state index contributed by atoms with van der Waals surface area (Å²) in [4.78, 5) is 37.6. The molecular formula is C17H22N4O5S. The second-order valence-electron chi connectivity index (χ2n) is 6.39. The Morgan fingerprint density at radius 2 is 1.74 bits per heavy atom. The van der Waals surface area contributed by atoms with Crippen LogP contribution in [0.15, 0.2) is 6.33 Å². The molecule has 146 valence electrons. The van der Waals surface area contributed by atoms with Crippen LogP contribution in [0.25, 0.3) is 0 Å². The number of ether oxygens (including phenoxy) is 3. The van der Waals surface area contributed by atoms with Crippen molar-refractivity contribution in [2.75, 3.05) is 26.1 Å². The second kappa shape index (κ2) is 8.30. The molecule has 1 amide bonds. The van der Waals surface area contributed by atoms with Crippen molar-refractivity contribution >= 4 is 28.3 Å². The smallest absolute Gasteiger partial charge is 0.350 e. The minimum atomic E-state index is -0.561. The summed E-state index contributed by atoms with van der Waals surface area (Å²) in [5.41, 5.74) is 0.171. The minimum Gasteiger partial charge on any atom is -0.480 e. The number of nitrogens with one attached hydrogen (secondary N) is 1. The zero-order chi connectivity index (χ0) is 20.2. The number of hydrogen-bond acceptors (Lipinski definition) is 9. The standard InChI is InChI=1S/C17H22N4O5S/c1-7-26-15(23)10-11(17(2,3)4)20-16(27-10)21-12(22)9-13(24-5)18-8-19-14(9)25-6/h8H,7H2,1-6H3,(H,20,21,22). The van der Waals surface area contributed by atoms with Gasteiger partial charge in [-0.25, -0.2) is 19.7 Å². The van der Waals surface area contributed by atoms with Crippen LogP contribution in [0.2, 0.25) is 0 Å². The molecule has 2 aromatic rings. The average Bonchev–Trinajstić information content (AvgIpc) is 3.05. The summed E-state index contributed by atoms with van der Waals surface area (Å²) in [7, 11) is 2.77. The third kappa shape index (κ3) is 4.51. The molecule has 0 radical (unpaired) electrons. The second-order valence-corrected chi connectivity index (χ2v) is 7.39. The van der Waals surface area contributed by atoms with Gasteiger partial charge < -0.3 is 14.2 Å². The Hall–Kier alpha value is -2.75. The molecule has 10 heteroatoms. The van der Waals surface area contributed by atoms with Crippen molar-refractivity contribution < 1.29 is 23.8 Å². The molecule has 0 aliphatic rings. The summed E-state index contributed by atoms with van der Waals surface area (Å²) < 4.78 is 15.3. The lowest BCUT2D eigenvalue weighted by atomic mass is 9.91. The molecule has 1 N–H and O–H groups in total. The van der Waals surface area contributed by atoms with E-state index < -0.39 is 17.3 Å². The van der Waals surface area contributed by atoms with Crippen molar-refractivity contribution in [3.8, 4) is 11.8 Å². The van der Waals surface area contributed by atoms with E-state index in [4.69, 9.17) is 14.2 Å². The molecule has 0 saturated carbocycles. The molecule has 27 heavy (non-hydrogen) atoms. The number of carbonyl (C=O) groups is 2. The largest absolute Gasteiger partial charge is 0.480 e. The van der Waals surface area contributed by atoms with E-state index in [1.807, 2.05) is 20.8 Å². The number of amides is 1. The number of aromatic nitrogens is 3. The first-order chi connectivity index (χ1) is 12.7. The number of nitrogens with zero attached hydrogens (tertiary/aromatic N) is 3. The van der Waals surface area contributed by atoms with Crippen molar-refractivity contribution in [1.82, 2.24) is 15.0 Å². The third-order valence-electron chi connectivity index (χ3n) is 3.41. The zero-order valence-corrected chi connectivity index (χ0v) is 16.9. The van der Waals surface area contributed by atoms with Crippen LogP contribution in [0.3, 0.4) is 0 Å². The Bertz CT molecular complexity index is 822. The maximum atomic E-state index is 12.7. The zero-order valence-electron chi connectivity index (χ0n) is 16.1. The van der Waals surface area contributed by atoms with Gasteiger partial charge in [0.25, 0.3) is 5.91 Å². The Morgan fingerprint density at radius 1 is 1.15 bits per heavy atom. The van der Waals surface area contributed by atoms with Crippen molar-refractivity contribution in [1.29, 1.82) is 0 Å². The summed E-state index contributed by atoms with van der Waals surface area (Å²) in [6.07, 6.45) is 1.23. The van der Waals surface area contributed by atoms with Crippen LogP contribution in [0.5, 0.6) is 11.8 Å². The number of esters is 1. The molecule has 2 aromatic heterocycles. The number of hydrogen-bond donors (Lipinski definition) is 1. The van der Waals surface area contributed by atoms with Crippen molar-refractivity contribution in [2.45, 2.75) is 33.1 Å². The molecule has 9 nitrogen and oxygen atoms in total. The fraction of sp³-hybridized carbons (Fsp3) is 0.471. The molecule has 0 spiro atoms. The predicted molar refractivity (Wildman–Crippen MR) is 99.9 cm³/mol. The highest BCUT2D eigenvalue weighted by atomic mass is 32.1. The lowest BCUT2D eigenvalue weighted by Gasteiger charge is -2.16. The van der Waals surface area contributed by atoms with Crippen LogP contribution in [-0.4, -0.2) is 47.7 Å². The van der Waals surface area contributed by atoms with E-state index in [1.54, 1.807) is 6.92 Å². The predicted octanol–water partition coefficient (Wildman–Crippen LogP) is 2.68. The summed E-state index contributed by atoms with van der Waals surface area (Å²) >= 11 is 1.04. The molecule has 0 bridgehead atoms. The van der Waals surface area contributed by atoms with E-state index in [9.17, 15) is 9.59 Å². The van der Waals surface area contributed by atoms with Crippen LogP contribution in [0.1, 0.15) is 53.4 Å². The van der Waals surface area contributed by atoms with Crippen molar-refractivity contribution in [3.05, 3.63) is 22.5 Å². The van der Waals surface area contributed by atoms with Crippen LogP contribution < -0.4 is 14.8 Å². The quantitative estimate of drug-likeness (QED) is 0.744. The monoisotopic (exact) mass is 394 g/mol. The maximum Gasteiger partial charge on any atom is 0.350 e. The van der Waals surface area contributed by atoms with Gasteiger partial charge in [-0.1, -0.05) is 32.1 Å². The van der Waals surface area contributed by atoms with Gasteiger partial charge in [0.15, 0.2) is 10.7 Å². The van der Waals surface area contributed by atoms with E-state index in [2.05, 4.69) is 20.3 Å². The number of methoxy groups -OCH3 is 2. The summed E-state index contributed by atoms with van der Waals surface area (Å²) in [5.74, 6) is -0.900. The molecule has 0 aliphatic heterocycles. The first-order valence-corrected chi connectivity index (χ1v) is 8.97. The Labute approximate surface area is 161 Å². The summed E-state index contributed by atoms with van der Waals surface area (Å²) in [5, 5.41) is 2.91. The lowest BCUT2D eigenvalue weighted by Crippen LogP contribution is -2.18. The average molecular weight is 394 g/mol. The highest BCUT2D eigenvalue weighted by Gasteiger charge is 2.29. The Kier molecular flexibility index (Phi) is 6.32. The molecule has 0 atom stereocenters. The molecule has 2 heterocycles. The third-order valence-corrected chi connectivity index (χ3v) is 4.36. The minimum absolute atomic E-state index is 0.0349. The summed E-state index contributed by atoms with van der Waals surface area (Å²) in [6.45, 7) is 7.75. The number of anilines is 1. The van der Waals surface area contributed by atoms with Gasteiger partial charge in [-0.3, -0.25) is 10.1 Å². The highest BCUT2D eigenvalue weighted by molar-refractivity contribution is 7.17. The van der Waals surface area contributed by atoms with Gasteiger partial charge in [0, 0.05) is 5.41 Å². The molecule has 0 aliphatic carbocycles. The van der Waals surface area contributed by atoms with Crippen LogP contribution in [-0.2, 0) is 10.2 Å². The number of rotatable bonds is 6. The van der Waals surface area contributed by atoms with E-state index in [-0.39, 0.29) is 29.1 Å². The van der Waals surface area contributed by atoms with Crippen LogP contribution >= 0.6 is 11.3 Å². The first-order valence-electron chi connectivity index (χ1n) is 8.15.